The maximum Gasteiger partial charge on any atom is 0.326 e. The van der Waals surface area contributed by atoms with Gasteiger partial charge in [0.25, 0.3) is 5.91 Å². The number of hydrogen-bond acceptors (Lipinski definition) is 4. The van der Waals surface area contributed by atoms with E-state index in [1.165, 1.54) is 0 Å². The molecule has 7 heteroatoms. The lowest BCUT2D eigenvalue weighted by Crippen LogP contribution is -2.47. The van der Waals surface area contributed by atoms with Crippen molar-refractivity contribution in [3.05, 3.63) is 29.8 Å². The summed E-state index contributed by atoms with van der Waals surface area (Å²) in [6, 6.07) is 6.09. The van der Waals surface area contributed by atoms with Crippen molar-refractivity contribution in [1.82, 2.24) is 5.32 Å². The zero-order valence-electron chi connectivity index (χ0n) is 11.2. The Hall–Kier alpha value is -2.57. The Kier molecular flexibility index (Phi) is 4.42. The molecule has 112 valence electrons. The summed E-state index contributed by atoms with van der Waals surface area (Å²) in [6.07, 6.45) is -0.513. The van der Waals surface area contributed by atoms with Crippen LogP contribution >= 0.6 is 0 Å². The number of nitrogens with two attached hydrogens (primary N) is 1. The fraction of sp³-hybridized carbons (Fsp3) is 0.357. The van der Waals surface area contributed by atoms with Crippen molar-refractivity contribution < 1.29 is 24.2 Å². The molecule has 1 aromatic carbocycles. The van der Waals surface area contributed by atoms with E-state index < -0.39 is 29.9 Å². The average Bonchev–Trinajstić information content (AvgIpc) is 2.86. The van der Waals surface area contributed by atoms with E-state index in [0.29, 0.717) is 12.2 Å². The van der Waals surface area contributed by atoms with Gasteiger partial charge in [0.2, 0.25) is 5.91 Å². The second-order valence-electron chi connectivity index (χ2n) is 4.82. The maximum absolute atomic E-state index is 12.1. The predicted octanol–water partition coefficient (Wildman–Crippen LogP) is -0.175. The predicted molar refractivity (Wildman–Crippen MR) is 72.6 cm³/mol. The standard InChI is InChI=1S/C14H16N2O5/c15-12(17)6-5-9(14(19)20)16-13(18)11-7-8-3-1-2-4-10(8)21-11/h1-4,9,11H,5-7H2,(H2,15,17)(H,16,18)(H,19,20)/t9-,11?/m1/s1. The van der Waals surface area contributed by atoms with Crippen LogP contribution in [-0.2, 0) is 20.8 Å². The van der Waals surface area contributed by atoms with Gasteiger partial charge in [-0.25, -0.2) is 4.79 Å². The van der Waals surface area contributed by atoms with Gasteiger partial charge in [0.1, 0.15) is 11.8 Å². The molecule has 1 heterocycles. The minimum atomic E-state index is -1.21. The van der Waals surface area contributed by atoms with Crippen LogP contribution in [-0.4, -0.2) is 35.0 Å². The second-order valence-corrected chi connectivity index (χ2v) is 4.82. The van der Waals surface area contributed by atoms with Gasteiger partial charge in [0, 0.05) is 12.8 Å². The van der Waals surface area contributed by atoms with Crippen LogP contribution in [0.25, 0.3) is 0 Å². The molecule has 1 unspecified atom stereocenters. The number of rotatable bonds is 6. The first-order chi connectivity index (χ1) is 9.97. The lowest BCUT2D eigenvalue weighted by atomic mass is 10.1. The molecule has 0 radical (unpaired) electrons. The van der Waals surface area contributed by atoms with E-state index in [4.69, 9.17) is 15.6 Å². The summed E-state index contributed by atoms with van der Waals surface area (Å²) in [7, 11) is 0. The topological polar surface area (TPSA) is 119 Å². The van der Waals surface area contributed by atoms with Gasteiger partial charge in [0.15, 0.2) is 6.10 Å². The van der Waals surface area contributed by atoms with Crippen molar-refractivity contribution in [1.29, 1.82) is 0 Å². The number of aliphatic carboxylic acids is 1. The van der Waals surface area contributed by atoms with E-state index in [-0.39, 0.29) is 12.8 Å². The van der Waals surface area contributed by atoms with Crippen LogP contribution in [0.2, 0.25) is 0 Å². The molecule has 0 spiro atoms. The van der Waals surface area contributed by atoms with Gasteiger partial charge in [0.05, 0.1) is 0 Å². The van der Waals surface area contributed by atoms with E-state index in [2.05, 4.69) is 5.32 Å². The van der Waals surface area contributed by atoms with E-state index in [0.717, 1.165) is 5.56 Å². The average molecular weight is 292 g/mol. The van der Waals surface area contributed by atoms with Gasteiger partial charge in [-0.15, -0.1) is 0 Å². The smallest absolute Gasteiger partial charge is 0.326 e. The van der Waals surface area contributed by atoms with Gasteiger partial charge in [-0.2, -0.15) is 0 Å². The quantitative estimate of drug-likeness (QED) is 0.672. The van der Waals surface area contributed by atoms with E-state index in [9.17, 15) is 14.4 Å². The normalized spacial score (nSPS) is 17.4. The summed E-state index contributed by atoms with van der Waals surface area (Å²) < 4.78 is 5.48. The minimum Gasteiger partial charge on any atom is -0.480 e. The lowest BCUT2D eigenvalue weighted by Gasteiger charge is -2.16. The first-order valence-corrected chi connectivity index (χ1v) is 6.53. The number of carbonyl (C=O) groups is 3. The molecular formula is C14H16N2O5. The molecule has 0 fully saturated rings. The lowest BCUT2D eigenvalue weighted by molar-refractivity contribution is -0.143. The Morgan fingerprint density at radius 3 is 2.71 bits per heavy atom. The molecule has 2 rings (SSSR count). The Morgan fingerprint density at radius 2 is 2.10 bits per heavy atom. The van der Waals surface area contributed by atoms with Crippen LogP contribution in [0.4, 0.5) is 0 Å². The number of amides is 2. The van der Waals surface area contributed by atoms with Crippen molar-refractivity contribution >= 4 is 17.8 Å². The van der Waals surface area contributed by atoms with Gasteiger partial charge >= 0.3 is 5.97 Å². The van der Waals surface area contributed by atoms with Crippen molar-refractivity contribution in [2.45, 2.75) is 31.4 Å². The fourth-order valence-electron chi connectivity index (χ4n) is 2.14. The molecule has 1 aliphatic heterocycles. The van der Waals surface area contributed by atoms with Crippen LogP contribution in [0.3, 0.4) is 0 Å². The molecule has 0 bridgehead atoms. The Morgan fingerprint density at radius 1 is 1.38 bits per heavy atom. The van der Waals surface area contributed by atoms with Crippen LogP contribution in [0.5, 0.6) is 5.75 Å². The number of carbonyl (C=O) groups excluding carboxylic acids is 2. The van der Waals surface area contributed by atoms with Gasteiger partial charge < -0.3 is 20.9 Å². The highest BCUT2D eigenvalue weighted by Crippen LogP contribution is 2.28. The van der Waals surface area contributed by atoms with E-state index >= 15 is 0 Å². The van der Waals surface area contributed by atoms with Crippen LogP contribution in [0.15, 0.2) is 24.3 Å². The summed E-state index contributed by atoms with van der Waals surface area (Å²) in [5, 5.41) is 11.4. The number of carboxylic acid groups (broad SMARTS) is 1. The zero-order chi connectivity index (χ0) is 15.4. The highest BCUT2D eigenvalue weighted by molar-refractivity contribution is 5.87. The summed E-state index contributed by atoms with van der Waals surface area (Å²) in [4.78, 5) is 33.8. The van der Waals surface area contributed by atoms with Crippen LogP contribution < -0.4 is 15.8 Å². The molecular weight excluding hydrogens is 276 g/mol. The third-order valence-electron chi connectivity index (χ3n) is 3.23. The first kappa shape index (κ1) is 14.8. The molecule has 0 aliphatic carbocycles. The molecule has 4 N–H and O–H groups in total. The summed E-state index contributed by atoms with van der Waals surface area (Å²) in [6.45, 7) is 0. The molecule has 7 nitrogen and oxygen atoms in total. The molecule has 0 saturated carbocycles. The molecule has 1 aliphatic rings. The van der Waals surface area contributed by atoms with Gasteiger partial charge in [-0.3, -0.25) is 9.59 Å². The SMILES string of the molecule is NC(=O)CC[C@@H](NC(=O)C1Cc2ccccc2O1)C(=O)O. The van der Waals surface area contributed by atoms with Gasteiger partial charge in [-0.1, -0.05) is 18.2 Å². The maximum atomic E-state index is 12.1. The van der Waals surface area contributed by atoms with E-state index in [1.807, 2.05) is 12.1 Å². The number of ether oxygens (including phenoxy) is 1. The zero-order valence-corrected chi connectivity index (χ0v) is 11.2. The Bertz CT molecular complexity index is 547. The molecule has 0 saturated heterocycles. The van der Waals surface area contributed by atoms with Gasteiger partial charge in [-0.05, 0) is 18.1 Å². The summed E-state index contributed by atoms with van der Waals surface area (Å²) in [5.41, 5.74) is 5.89. The molecule has 2 amide bonds. The van der Waals surface area contributed by atoms with Crippen LogP contribution in [0, 0.1) is 0 Å². The number of primary amides is 1. The molecule has 0 aromatic heterocycles. The molecule has 2 atom stereocenters. The third kappa shape index (κ3) is 3.71. The third-order valence-corrected chi connectivity index (χ3v) is 3.23. The van der Waals surface area contributed by atoms with E-state index in [1.54, 1.807) is 12.1 Å². The monoisotopic (exact) mass is 292 g/mol. The van der Waals surface area contributed by atoms with Crippen molar-refractivity contribution in [3.8, 4) is 5.75 Å². The second kappa shape index (κ2) is 6.25. The van der Waals surface area contributed by atoms with Crippen molar-refractivity contribution in [2.24, 2.45) is 5.73 Å². The summed E-state index contributed by atoms with van der Waals surface area (Å²) >= 11 is 0. The number of benzene rings is 1. The fourth-order valence-corrected chi connectivity index (χ4v) is 2.14. The van der Waals surface area contributed by atoms with Crippen molar-refractivity contribution in [3.63, 3.8) is 0 Å². The molecule has 21 heavy (non-hydrogen) atoms. The minimum absolute atomic E-state index is 0.0456. The Labute approximate surface area is 121 Å². The van der Waals surface area contributed by atoms with Crippen LogP contribution in [0.1, 0.15) is 18.4 Å². The highest BCUT2D eigenvalue weighted by atomic mass is 16.5. The summed E-state index contributed by atoms with van der Waals surface area (Å²) in [5.74, 6) is -1.70. The van der Waals surface area contributed by atoms with Crippen molar-refractivity contribution in [2.75, 3.05) is 0 Å². The highest BCUT2D eigenvalue weighted by Gasteiger charge is 2.31. The number of nitrogens with one attached hydrogen (secondary N) is 1. The number of para-hydroxylation sites is 1. The number of fused-ring (bicyclic) bond motifs is 1. The molecule has 1 aromatic rings. The number of carboxylic acids is 1. The number of hydrogen-bond donors (Lipinski definition) is 3. The largest absolute Gasteiger partial charge is 0.480 e. The Balaban J connectivity index is 1.94. The first-order valence-electron chi connectivity index (χ1n) is 6.53.